The molecule has 0 radical (unpaired) electrons. The second kappa shape index (κ2) is 7.79. The molecule has 23 heavy (non-hydrogen) atoms. The van der Waals surface area contributed by atoms with Crippen molar-refractivity contribution in [1.82, 2.24) is 5.32 Å². The van der Waals surface area contributed by atoms with E-state index in [-0.39, 0.29) is 11.8 Å². The molecule has 2 N–H and O–H groups in total. The number of piperidine rings is 1. The summed E-state index contributed by atoms with van der Waals surface area (Å²) >= 11 is 0. The summed E-state index contributed by atoms with van der Waals surface area (Å²) in [4.78, 5) is 12.4. The fraction of sp³-hybridized carbons (Fsp3) is 0.316. The zero-order valence-corrected chi connectivity index (χ0v) is 13.1. The van der Waals surface area contributed by atoms with Crippen molar-refractivity contribution >= 4 is 11.6 Å². The van der Waals surface area contributed by atoms with Crippen molar-refractivity contribution in [2.24, 2.45) is 5.92 Å². The number of anilines is 1. The predicted molar refractivity (Wildman–Crippen MR) is 91.4 cm³/mol. The van der Waals surface area contributed by atoms with Crippen molar-refractivity contribution in [3.8, 4) is 5.75 Å². The van der Waals surface area contributed by atoms with Gasteiger partial charge in [-0.15, -0.1) is 0 Å². The third-order valence-electron chi connectivity index (χ3n) is 4.12. The van der Waals surface area contributed by atoms with Crippen LogP contribution in [0.25, 0.3) is 0 Å². The Labute approximate surface area is 136 Å². The summed E-state index contributed by atoms with van der Waals surface area (Å²) in [5.41, 5.74) is 1.82. The van der Waals surface area contributed by atoms with Gasteiger partial charge in [-0.3, -0.25) is 4.79 Å². The van der Waals surface area contributed by atoms with Crippen molar-refractivity contribution in [3.05, 3.63) is 60.2 Å². The van der Waals surface area contributed by atoms with Gasteiger partial charge in [-0.1, -0.05) is 36.4 Å². The van der Waals surface area contributed by atoms with Crippen molar-refractivity contribution in [3.63, 3.8) is 0 Å². The number of carbonyl (C=O) groups is 1. The van der Waals surface area contributed by atoms with Crippen LogP contribution >= 0.6 is 0 Å². The molecule has 1 heterocycles. The maximum absolute atomic E-state index is 12.4. The minimum atomic E-state index is 0.0966. The van der Waals surface area contributed by atoms with E-state index in [2.05, 4.69) is 10.6 Å². The molecular formula is C19H22N2O2. The number of carbonyl (C=O) groups excluding carboxylic acids is 1. The van der Waals surface area contributed by atoms with Gasteiger partial charge in [0.05, 0.1) is 0 Å². The molecule has 0 atom stereocenters. The van der Waals surface area contributed by atoms with E-state index < -0.39 is 0 Å². The molecule has 0 aliphatic carbocycles. The first-order valence-electron chi connectivity index (χ1n) is 8.10. The Bertz CT molecular complexity index is 637. The molecule has 0 spiro atoms. The maximum Gasteiger partial charge on any atom is 0.227 e. The van der Waals surface area contributed by atoms with Gasteiger partial charge in [0.1, 0.15) is 12.4 Å². The van der Waals surface area contributed by atoms with E-state index in [0.717, 1.165) is 42.9 Å². The molecule has 120 valence electrons. The Morgan fingerprint density at radius 1 is 1.04 bits per heavy atom. The summed E-state index contributed by atoms with van der Waals surface area (Å²) in [5, 5.41) is 6.35. The minimum Gasteiger partial charge on any atom is -0.489 e. The van der Waals surface area contributed by atoms with Crippen LogP contribution in [0.5, 0.6) is 5.75 Å². The molecule has 1 aliphatic rings. The number of rotatable bonds is 5. The molecule has 2 aromatic carbocycles. The van der Waals surface area contributed by atoms with Crippen molar-refractivity contribution in [2.75, 3.05) is 18.4 Å². The summed E-state index contributed by atoms with van der Waals surface area (Å²) in [6, 6.07) is 17.5. The second-order valence-corrected chi connectivity index (χ2v) is 5.77. The van der Waals surface area contributed by atoms with E-state index in [0.29, 0.717) is 6.61 Å². The molecule has 4 heteroatoms. The molecule has 0 saturated carbocycles. The van der Waals surface area contributed by atoms with Crippen LogP contribution in [-0.4, -0.2) is 19.0 Å². The number of benzene rings is 2. The Balaban J connectivity index is 1.64. The number of hydrogen-bond donors (Lipinski definition) is 2. The lowest BCUT2D eigenvalue weighted by molar-refractivity contribution is -0.120. The average Bonchev–Trinajstić information content (AvgIpc) is 2.62. The molecule has 1 fully saturated rings. The van der Waals surface area contributed by atoms with Crippen LogP contribution in [0.15, 0.2) is 54.6 Å². The highest BCUT2D eigenvalue weighted by molar-refractivity contribution is 5.93. The minimum absolute atomic E-state index is 0.0966. The zero-order valence-electron chi connectivity index (χ0n) is 13.1. The van der Waals surface area contributed by atoms with E-state index in [1.807, 2.05) is 54.6 Å². The number of ether oxygens (including phenoxy) is 1. The summed E-state index contributed by atoms with van der Waals surface area (Å²) in [6.07, 6.45) is 1.79. The summed E-state index contributed by atoms with van der Waals surface area (Å²) in [7, 11) is 0. The molecule has 0 aromatic heterocycles. The first kappa shape index (κ1) is 15.6. The Morgan fingerprint density at radius 2 is 1.74 bits per heavy atom. The molecule has 1 aliphatic heterocycles. The molecule has 4 nitrogen and oxygen atoms in total. The van der Waals surface area contributed by atoms with Gasteiger partial charge in [-0.25, -0.2) is 0 Å². The van der Waals surface area contributed by atoms with Gasteiger partial charge in [0, 0.05) is 17.2 Å². The molecular weight excluding hydrogens is 288 g/mol. The Morgan fingerprint density at radius 3 is 2.52 bits per heavy atom. The van der Waals surface area contributed by atoms with E-state index in [9.17, 15) is 4.79 Å². The number of hydrogen-bond acceptors (Lipinski definition) is 3. The molecule has 3 rings (SSSR count). The number of nitrogens with one attached hydrogen (secondary N) is 2. The van der Waals surface area contributed by atoms with Crippen LogP contribution in [0.1, 0.15) is 18.4 Å². The smallest absolute Gasteiger partial charge is 0.227 e. The zero-order chi connectivity index (χ0) is 15.9. The summed E-state index contributed by atoms with van der Waals surface area (Å²) in [6.45, 7) is 2.26. The van der Waals surface area contributed by atoms with Gasteiger partial charge in [-0.2, -0.15) is 0 Å². The SMILES string of the molecule is O=C(Nc1ccccc1COc1ccccc1)C1CCNCC1. The van der Waals surface area contributed by atoms with Gasteiger partial charge in [0.2, 0.25) is 5.91 Å². The second-order valence-electron chi connectivity index (χ2n) is 5.77. The van der Waals surface area contributed by atoms with Crippen LogP contribution in [0.4, 0.5) is 5.69 Å². The lowest BCUT2D eigenvalue weighted by Crippen LogP contribution is -2.34. The van der Waals surface area contributed by atoms with Crippen molar-refractivity contribution in [1.29, 1.82) is 0 Å². The maximum atomic E-state index is 12.4. The van der Waals surface area contributed by atoms with E-state index in [4.69, 9.17) is 4.74 Å². The van der Waals surface area contributed by atoms with Gasteiger partial charge >= 0.3 is 0 Å². The van der Waals surface area contributed by atoms with E-state index in [1.54, 1.807) is 0 Å². The van der Waals surface area contributed by atoms with Crippen LogP contribution in [0.3, 0.4) is 0 Å². The van der Waals surface area contributed by atoms with Gasteiger partial charge in [-0.05, 0) is 44.1 Å². The summed E-state index contributed by atoms with van der Waals surface area (Å²) < 4.78 is 5.80. The Hall–Kier alpha value is -2.33. The molecule has 0 unspecified atom stereocenters. The monoisotopic (exact) mass is 310 g/mol. The quantitative estimate of drug-likeness (QED) is 0.891. The van der Waals surface area contributed by atoms with Crippen LogP contribution in [0.2, 0.25) is 0 Å². The molecule has 1 saturated heterocycles. The first-order chi connectivity index (χ1) is 11.3. The van der Waals surface area contributed by atoms with Crippen LogP contribution in [0, 0.1) is 5.92 Å². The van der Waals surface area contributed by atoms with Crippen molar-refractivity contribution < 1.29 is 9.53 Å². The largest absolute Gasteiger partial charge is 0.489 e. The van der Waals surface area contributed by atoms with E-state index in [1.165, 1.54) is 0 Å². The first-order valence-corrected chi connectivity index (χ1v) is 8.10. The normalized spacial score (nSPS) is 15.1. The molecule has 0 bridgehead atoms. The lowest BCUT2D eigenvalue weighted by atomic mass is 9.97. The van der Waals surface area contributed by atoms with Crippen LogP contribution < -0.4 is 15.4 Å². The highest BCUT2D eigenvalue weighted by Crippen LogP contribution is 2.21. The third kappa shape index (κ3) is 4.33. The highest BCUT2D eigenvalue weighted by Gasteiger charge is 2.21. The third-order valence-corrected chi connectivity index (χ3v) is 4.12. The fourth-order valence-electron chi connectivity index (χ4n) is 2.76. The summed E-state index contributed by atoms with van der Waals surface area (Å²) in [5.74, 6) is 1.03. The lowest BCUT2D eigenvalue weighted by Gasteiger charge is -2.22. The van der Waals surface area contributed by atoms with E-state index >= 15 is 0 Å². The average molecular weight is 310 g/mol. The standard InChI is InChI=1S/C19H22N2O2/c22-19(15-10-12-20-13-11-15)21-18-9-5-4-6-16(18)14-23-17-7-2-1-3-8-17/h1-9,15,20H,10-14H2,(H,21,22). The topological polar surface area (TPSA) is 50.4 Å². The van der Waals surface area contributed by atoms with Gasteiger partial charge in [0.25, 0.3) is 0 Å². The molecule has 1 amide bonds. The van der Waals surface area contributed by atoms with Gasteiger partial charge < -0.3 is 15.4 Å². The number of amides is 1. The highest BCUT2D eigenvalue weighted by atomic mass is 16.5. The number of para-hydroxylation sites is 2. The fourth-order valence-corrected chi connectivity index (χ4v) is 2.76. The molecule has 2 aromatic rings. The Kier molecular flexibility index (Phi) is 5.27. The van der Waals surface area contributed by atoms with Crippen LogP contribution in [-0.2, 0) is 11.4 Å². The van der Waals surface area contributed by atoms with Crippen molar-refractivity contribution in [2.45, 2.75) is 19.4 Å². The van der Waals surface area contributed by atoms with Gasteiger partial charge in [0.15, 0.2) is 0 Å². The predicted octanol–water partition coefficient (Wildman–Crippen LogP) is 3.20.